The molecule has 1 aromatic rings. The van der Waals surface area contributed by atoms with Crippen molar-refractivity contribution in [2.75, 3.05) is 13.2 Å². The number of ether oxygens (including phenoxy) is 2. The van der Waals surface area contributed by atoms with Crippen LogP contribution in [-0.2, 0) is 5.54 Å². The smallest absolute Gasteiger partial charge is 0.161 e. The lowest BCUT2D eigenvalue weighted by Gasteiger charge is -2.43. The van der Waals surface area contributed by atoms with Crippen molar-refractivity contribution in [3.05, 3.63) is 23.8 Å². The maximum absolute atomic E-state index is 6.69. The first-order chi connectivity index (χ1) is 8.99. The Morgan fingerprint density at radius 3 is 2.53 bits per heavy atom. The van der Waals surface area contributed by atoms with Gasteiger partial charge in [-0.2, -0.15) is 0 Å². The number of benzene rings is 1. The summed E-state index contributed by atoms with van der Waals surface area (Å²) in [5.41, 5.74) is 7.97. The predicted octanol–water partition coefficient (Wildman–Crippen LogP) is 3.21. The Kier molecular flexibility index (Phi) is 2.97. The van der Waals surface area contributed by atoms with Crippen LogP contribution in [0, 0.1) is 5.41 Å². The van der Waals surface area contributed by atoms with E-state index in [1.807, 2.05) is 6.07 Å². The highest BCUT2D eigenvalue weighted by Gasteiger charge is 2.38. The van der Waals surface area contributed by atoms with Crippen LogP contribution in [0.25, 0.3) is 0 Å². The van der Waals surface area contributed by atoms with E-state index in [1.54, 1.807) is 0 Å². The van der Waals surface area contributed by atoms with Crippen LogP contribution >= 0.6 is 0 Å². The number of nitrogens with two attached hydrogens (primary N) is 1. The van der Waals surface area contributed by atoms with Crippen molar-refractivity contribution in [1.82, 2.24) is 0 Å². The lowest BCUT2D eigenvalue weighted by molar-refractivity contribution is 0.148. The molecule has 1 atom stereocenters. The maximum Gasteiger partial charge on any atom is 0.161 e. The molecule has 0 saturated heterocycles. The van der Waals surface area contributed by atoms with Crippen LogP contribution in [0.5, 0.6) is 11.5 Å². The number of fused-ring (bicyclic) bond motifs is 1. The molecule has 1 heterocycles. The molecule has 2 N–H and O–H groups in total. The summed E-state index contributed by atoms with van der Waals surface area (Å²) in [5.74, 6) is 1.69. The molecule has 1 unspecified atom stereocenters. The molecule has 1 aromatic carbocycles. The quantitative estimate of drug-likeness (QED) is 0.844. The summed E-state index contributed by atoms with van der Waals surface area (Å²) in [6, 6.07) is 6.19. The minimum Gasteiger partial charge on any atom is -0.486 e. The van der Waals surface area contributed by atoms with Crippen LogP contribution < -0.4 is 15.2 Å². The van der Waals surface area contributed by atoms with Gasteiger partial charge in [0, 0.05) is 5.54 Å². The Hall–Kier alpha value is -1.22. The van der Waals surface area contributed by atoms with Gasteiger partial charge in [-0.25, -0.2) is 0 Å². The first kappa shape index (κ1) is 12.8. The first-order valence-electron chi connectivity index (χ1n) is 7.18. The average molecular weight is 261 g/mol. The van der Waals surface area contributed by atoms with Crippen molar-refractivity contribution in [2.24, 2.45) is 11.1 Å². The summed E-state index contributed by atoms with van der Waals surface area (Å²) in [4.78, 5) is 0. The van der Waals surface area contributed by atoms with Crippen LogP contribution in [0.15, 0.2) is 18.2 Å². The fraction of sp³-hybridized carbons (Fsp3) is 0.625. The standard InChI is InChI=1S/C16H23NO2/c1-15(2)6-3-7-16(17,11-15)12-4-5-13-14(10-12)19-9-8-18-13/h4-5,10H,3,6-9,11,17H2,1-2H3. The zero-order valence-corrected chi connectivity index (χ0v) is 11.9. The van der Waals surface area contributed by atoms with Crippen LogP contribution in [-0.4, -0.2) is 13.2 Å². The van der Waals surface area contributed by atoms with Crippen LogP contribution in [0.4, 0.5) is 0 Å². The fourth-order valence-electron chi connectivity index (χ4n) is 3.51. The molecular weight excluding hydrogens is 238 g/mol. The lowest BCUT2D eigenvalue weighted by Crippen LogP contribution is -2.44. The topological polar surface area (TPSA) is 44.5 Å². The zero-order valence-electron chi connectivity index (χ0n) is 11.9. The lowest BCUT2D eigenvalue weighted by atomic mass is 9.66. The number of rotatable bonds is 1. The largest absolute Gasteiger partial charge is 0.486 e. The molecule has 0 spiro atoms. The van der Waals surface area contributed by atoms with Crippen molar-refractivity contribution in [3.8, 4) is 11.5 Å². The molecule has 2 aliphatic rings. The Balaban J connectivity index is 1.92. The van der Waals surface area contributed by atoms with Crippen molar-refractivity contribution in [3.63, 3.8) is 0 Å². The van der Waals surface area contributed by atoms with E-state index in [0.29, 0.717) is 18.6 Å². The highest BCUT2D eigenvalue weighted by Crippen LogP contribution is 2.46. The van der Waals surface area contributed by atoms with E-state index >= 15 is 0 Å². The van der Waals surface area contributed by atoms with Gasteiger partial charge in [0.15, 0.2) is 11.5 Å². The second-order valence-electron chi connectivity index (χ2n) is 6.71. The molecule has 104 valence electrons. The van der Waals surface area contributed by atoms with E-state index in [1.165, 1.54) is 18.4 Å². The highest BCUT2D eigenvalue weighted by atomic mass is 16.6. The minimum atomic E-state index is -0.225. The average Bonchev–Trinajstić information content (AvgIpc) is 2.36. The second-order valence-corrected chi connectivity index (χ2v) is 6.71. The van der Waals surface area contributed by atoms with Gasteiger partial charge in [0.2, 0.25) is 0 Å². The van der Waals surface area contributed by atoms with Crippen molar-refractivity contribution < 1.29 is 9.47 Å². The molecule has 19 heavy (non-hydrogen) atoms. The molecule has 0 bridgehead atoms. The molecule has 1 aliphatic carbocycles. The summed E-state index contributed by atoms with van der Waals surface area (Å²) >= 11 is 0. The van der Waals surface area contributed by atoms with Gasteiger partial charge in [-0.15, -0.1) is 0 Å². The van der Waals surface area contributed by atoms with Gasteiger partial charge in [0.25, 0.3) is 0 Å². The first-order valence-corrected chi connectivity index (χ1v) is 7.18. The van der Waals surface area contributed by atoms with Gasteiger partial charge >= 0.3 is 0 Å². The molecule has 0 aromatic heterocycles. The van der Waals surface area contributed by atoms with Crippen LogP contribution in [0.2, 0.25) is 0 Å². The van der Waals surface area contributed by atoms with Crippen LogP contribution in [0.1, 0.15) is 45.1 Å². The Bertz CT molecular complexity index is 484. The summed E-state index contributed by atoms with van der Waals surface area (Å²) in [6.07, 6.45) is 4.53. The van der Waals surface area contributed by atoms with E-state index in [2.05, 4.69) is 26.0 Å². The third-order valence-corrected chi connectivity index (χ3v) is 4.39. The summed E-state index contributed by atoms with van der Waals surface area (Å²) in [6.45, 7) is 5.88. The molecule has 3 rings (SSSR count). The molecule has 3 heteroatoms. The maximum atomic E-state index is 6.69. The Morgan fingerprint density at radius 2 is 1.79 bits per heavy atom. The summed E-state index contributed by atoms with van der Waals surface area (Å²) in [5, 5.41) is 0. The van der Waals surface area contributed by atoms with Crippen molar-refractivity contribution in [1.29, 1.82) is 0 Å². The third-order valence-electron chi connectivity index (χ3n) is 4.39. The van der Waals surface area contributed by atoms with Gasteiger partial charge in [0.05, 0.1) is 0 Å². The summed E-state index contributed by atoms with van der Waals surface area (Å²) < 4.78 is 11.2. The molecule has 1 aliphatic heterocycles. The Morgan fingerprint density at radius 1 is 1.05 bits per heavy atom. The fourth-order valence-corrected chi connectivity index (χ4v) is 3.51. The van der Waals surface area contributed by atoms with Gasteiger partial charge in [-0.3, -0.25) is 0 Å². The zero-order chi connectivity index (χ0) is 13.5. The van der Waals surface area contributed by atoms with E-state index < -0.39 is 0 Å². The van der Waals surface area contributed by atoms with E-state index in [9.17, 15) is 0 Å². The van der Waals surface area contributed by atoms with Crippen LogP contribution in [0.3, 0.4) is 0 Å². The molecule has 0 amide bonds. The molecule has 0 radical (unpaired) electrons. The monoisotopic (exact) mass is 261 g/mol. The molecule has 1 saturated carbocycles. The Labute approximate surface area is 115 Å². The number of hydrogen-bond acceptors (Lipinski definition) is 3. The molecular formula is C16H23NO2. The van der Waals surface area contributed by atoms with Crippen molar-refractivity contribution in [2.45, 2.75) is 45.1 Å². The predicted molar refractivity (Wildman–Crippen MR) is 75.5 cm³/mol. The number of hydrogen-bond donors (Lipinski definition) is 1. The van der Waals surface area contributed by atoms with E-state index in [-0.39, 0.29) is 5.54 Å². The van der Waals surface area contributed by atoms with E-state index in [4.69, 9.17) is 15.2 Å². The van der Waals surface area contributed by atoms with E-state index in [0.717, 1.165) is 24.3 Å². The van der Waals surface area contributed by atoms with Gasteiger partial charge in [-0.1, -0.05) is 26.3 Å². The minimum absolute atomic E-state index is 0.225. The SMILES string of the molecule is CC1(C)CCCC(N)(c2ccc3c(c2)OCCO3)C1. The summed E-state index contributed by atoms with van der Waals surface area (Å²) in [7, 11) is 0. The van der Waals surface area contributed by atoms with Crippen molar-refractivity contribution >= 4 is 0 Å². The molecule has 3 nitrogen and oxygen atoms in total. The van der Waals surface area contributed by atoms with Gasteiger partial charge < -0.3 is 15.2 Å². The highest BCUT2D eigenvalue weighted by molar-refractivity contribution is 5.46. The van der Waals surface area contributed by atoms with Gasteiger partial charge in [-0.05, 0) is 42.4 Å². The second kappa shape index (κ2) is 4.41. The normalized spacial score (nSPS) is 29.0. The van der Waals surface area contributed by atoms with Gasteiger partial charge in [0.1, 0.15) is 13.2 Å². The molecule has 1 fully saturated rings. The third kappa shape index (κ3) is 2.44.